The molecule has 4 rings (SSSR count). The summed E-state index contributed by atoms with van der Waals surface area (Å²) in [6.07, 6.45) is 2.49. The quantitative estimate of drug-likeness (QED) is 0.512. The second kappa shape index (κ2) is 9.38. The summed E-state index contributed by atoms with van der Waals surface area (Å²) in [4.78, 5) is 15.2. The second-order valence-electron chi connectivity index (χ2n) is 7.58. The predicted octanol–water partition coefficient (Wildman–Crippen LogP) is 3.97. The number of hydrogen-bond donors (Lipinski definition) is 2. The SMILES string of the molecule is C=CCNS(=O)(=O)c1ccc(C(=O)Nc2ccccc2CN2CCc3ccccc32)cc1. The van der Waals surface area contributed by atoms with Gasteiger partial charge in [0.2, 0.25) is 10.0 Å². The summed E-state index contributed by atoms with van der Waals surface area (Å²) in [5.74, 6) is -0.290. The van der Waals surface area contributed by atoms with Crippen molar-refractivity contribution in [2.75, 3.05) is 23.3 Å². The Balaban J connectivity index is 1.48. The third-order valence-corrected chi connectivity index (χ3v) is 6.89. The Morgan fingerprint density at radius 2 is 1.72 bits per heavy atom. The van der Waals surface area contributed by atoms with Crippen LogP contribution in [0.3, 0.4) is 0 Å². The minimum atomic E-state index is -3.63. The number of rotatable bonds is 8. The van der Waals surface area contributed by atoms with Gasteiger partial charge in [0.05, 0.1) is 4.90 Å². The normalized spacial score (nSPS) is 12.9. The molecule has 0 radical (unpaired) electrons. The Hall–Kier alpha value is -3.42. The Morgan fingerprint density at radius 1 is 1.00 bits per heavy atom. The van der Waals surface area contributed by atoms with Gasteiger partial charge in [-0.2, -0.15) is 0 Å². The monoisotopic (exact) mass is 447 g/mol. The lowest BCUT2D eigenvalue weighted by Crippen LogP contribution is -2.24. The van der Waals surface area contributed by atoms with E-state index < -0.39 is 10.0 Å². The number of hydrogen-bond acceptors (Lipinski definition) is 4. The van der Waals surface area contributed by atoms with Gasteiger partial charge in [0.1, 0.15) is 0 Å². The van der Waals surface area contributed by atoms with Crippen molar-refractivity contribution < 1.29 is 13.2 Å². The van der Waals surface area contributed by atoms with E-state index in [1.807, 2.05) is 30.3 Å². The van der Waals surface area contributed by atoms with E-state index in [0.717, 1.165) is 24.2 Å². The summed E-state index contributed by atoms with van der Waals surface area (Å²) in [5.41, 5.74) is 4.72. The molecule has 6 nitrogen and oxygen atoms in total. The largest absolute Gasteiger partial charge is 0.367 e. The zero-order chi connectivity index (χ0) is 22.6. The van der Waals surface area contributed by atoms with Crippen LogP contribution < -0.4 is 14.9 Å². The van der Waals surface area contributed by atoms with Crippen molar-refractivity contribution in [2.45, 2.75) is 17.9 Å². The van der Waals surface area contributed by atoms with E-state index in [2.05, 4.69) is 39.7 Å². The molecule has 0 bridgehead atoms. The van der Waals surface area contributed by atoms with Gasteiger partial charge in [0.25, 0.3) is 5.91 Å². The highest BCUT2D eigenvalue weighted by molar-refractivity contribution is 7.89. The lowest BCUT2D eigenvalue weighted by molar-refractivity contribution is 0.102. The Labute approximate surface area is 188 Å². The molecule has 32 heavy (non-hydrogen) atoms. The fourth-order valence-corrected chi connectivity index (χ4v) is 4.79. The van der Waals surface area contributed by atoms with Gasteiger partial charge in [0.15, 0.2) is 0 Å². The highest BCUT2D eigenvalue weighted by atomic mass is 32.2. The molecule has 2 N–H and O–H groups in total. The van der Waals surface area contributed by atoms with E-state index >= 15 is 0 Å². The minimum Gasteiger partial charge on any atom is -0.367 e. The van der Waals surface area contributed by atoms with Crippen LogP contribution >= 0.6 is 0 Å². The average Bonchev–Trinajstić information content (AvgIpc) is 3.22. The first-order valence-electron chi connectivity index (χ1n) is 10.4. The van der Waals surface area contributed by atoms with Crippen LogP contribution in [0.25, 0.3) is 0 Å². The van der Waals surface area contributed by atoms with Gasteiger partial charge >= 0.3 is 0 Å². The van der Waals surface area contributed by atoms with Crippen molar-refractivity contribution in [3.05, 3.63) is 102 Å². The number of carbonyl (C=O) groups excluding carboxylic acids is 1. The number of fused-ring (bicyclic) bond motifs is 1. The fourth-order valence-electron chi connectivity index (χ4n) is 3.79. The number of sulfonamides is 1. The molecule has 0 spiro atoms. The molecule has 164 valence electrons. The number of benzene rings is 3. The van der Waals surface area contributed by atoms with E-state index in [0.29, 0.717) is 12.1 Å². The van der Waals surface area contributed by atoms with E-state index in [9.17, 15) is 13.2 Å². The number of nitrogens with one attached hydrogen (secondary N) is 2. The van der Waals surface area contributed by atoms with Crippen molar-refractivity contribution in [3.8, 4) is 0 Å². The summed E-state index contributed by atoms with van der Waals surface area (Å²) in [5, 5.41) is 2.97. The van der Waals surface area contributed by atoms with E-state index in [-0.39, 0.29) is 17.3 Å². The lowest BCUT2D eigenvalue weighted by atomic mass is 10.1. The zero-order valence-corrected chi connectivity index (χ0v) is 18.4. The number of para-hydroxylation sites is 2. The molecule has 3 aromatic rings. The molecule has 0 atom stereocenters. The molecule has 0 aromatic heterocycles. The molecule has 0 aliphatic carbocycles. The first-order valence-corrected chi connectivity index (χ1v) is 11.9. The van der Waals surface area contributed by atoms with Crippen LogP contribution in [0.1, 0.15) is 21.5 Å². The molecule has 1 aliphatic rings. The topological polar surface area (TPSA) is 78.5 Å². The molecule has 0 saturated heterocycles. The summed E-state index contributed by atoms with van der Waals surface area (Å²) < 4.78 is 26.8. The lowest BCUT2D eigenvalue weighted by Gasteiger charge is -2.21. The summed E-state index contributed by atoms with van der Waals surface area (Å²) in [6.45, 7) is 5.28. The molecule has 1 aliphatic heterocycles. The highest BCUT2D eigenvalue weighted by Gasteiger charge is 2.20. The molecule has 1 heterocycles. The molecule has 7 heteroatoms. The average molecular weight is 448 g/mol. The maximum atomic E-state index is 12.8. The molecular weight excluding hydrogens is 422 g/mol. The zero-order valence-electron chi connectivity index (χ0n) is 17.6. The van der Waals surface area contributed by atoms with Crippen molar-refractivity contribution >= 4 is 27.3 Å². The molecule has 1 amide bonds. The van der Waals surface area contributed by atoms with Crippen LogP contribution in [-0.4, -0.2) is 27.4 Å². The molecule has 3 aromatic carbocycles. The van der Waals surface area contributed by atoms with Gasteiger partial charge in [-0.3, -0.25) is 4.79 Å². The highest BCUT2D eigenvalue weighted by Crippen LogP contribution is 2.30. The number of nitrogens with zero attached hydrogens (tertiary/aromatic N) is 1. The molecular formula is C25H25N3O3S. The van der Waals surface area contributed by atoms with Crippen LogP contribution in [0.4, 0.5) is 11.4 Å². The maximum absolute atomic E-state index is 12.8. The molecule has 0 unspecified atom stereocenters. The van der Waals surface area contributed by atoms with Crippen LogP contribution in [0, 0.1) is 0 Å². The van der Waals surface area contributed by atoms with Gasteiger partial charge in [-0.15, -0.1) is 6.58 Å². The van der Waals surface area contributed by atoms with Gasteiger partial charge < -0.3 is 10.2 Å². The smallest absolute Gasteiger partial charge is 0.255 e. The third kappa shape index (κ3) is 4.74. The molecule has 0 saturated carbocycles. The van der Waals surface area contributed by atoms with Crippen molar-refractivity contribution in [2.24, 2.45) is 0 Å². The van der Waals surface area contributed by atoms with Gasteiger partial charge in [0, 0.05) is 36.6 Å². The van der Waals surface area contributed by atoms with Crippen molar-refractivity contribution in [1.29, 1.82) is 0 Å². The number of anilines is 2. The summed E-state index contributed by atoms with van der Waals surface area (Å²) in [6, 6.07) is 22.0. The van der Waals surface area contributed by atoms with Gasteiger partial charge in [-0.05, 0) is 53.9 Å². The Morgan fingerprint density at radius 3 is 2.50 bits per heavy atom. The standard InChI is InChI=1S/C25H25N3O3S/c1-2-16-26-32(30,31)22-13-11-20(12-14-22)25(29)27-23-9-5-3-8-21(23)18-28-17-15-19-7-4-6-10-24(19)28/h2-14,26H,1,15-18H2,(H,27,29). The minimum absolute atomic E-state index is 0.101. The number of amides is 1. The Kier molecular flexibility index (Phi) is 6.39. The van der Waals surface area contributed by atoms with Crippen molar-refractivity contribution in [1.82, 2.24) is 4.72 Å². The van der Waals surface area contributed by atoms with Crippen LogP contribution in [0.15, 0.2) is 90.3 Å². The van der Waals surface area contributed by atoms with Crippen LogP contribution in [0.2, 0.25) is 0 Å². The van der Waals surface area contributed by atoms with E-state index in [1.54, 1.807) is 0 Å². The van der Waals surface area contributed by atoms with Crippen molar-refractivity contribution in [3.63, 3.8) is 0 Å². The summed E-state index contributed by atoms with van der Waals surface area (Å²) >= 11 is 0. The predicted molar refractivity (Wildman–Crippen MR) is 127 cm³/mol. The van der Waals surface area contributed by atoms with Crippen LogP contribution in [-0.2, 0) is 23.0 Å². The van der Waals surface area contributed by atoms with E-state index in [4.69, 9.17) is 0 Å². The third-order valence-electron chi connectivity index (χ3n) is 5.45. The van der Waals surface area contributed by atoms with E-state index in [1.165, 1.54) is 41.6 Å². The van der Waals surface area contributed by atoms with Crippen LogP contribution in [0.5, 0.6) is 0 Å². The number of carbonyl (C=O) groups is 1. The Bertz CT molecular complexity index is 1240. The maximum Gasteiger partial charge on any atom is 0.255 e. The first kappa shape index (κ1) is 21.8. The second-order valence-corrected chi connectivity index (χ2v) is 9.34. The fraction of sp³-hybridized carbons (Fsp3) is 0.160. The summed E-state index contributed by atoms with van der Waals surface area (Å²) in [7, 11) is -3.63. The van der Waals surface area contributed by atoms with Gasteiger partial charge in [-0.25, -0.2) is 13.1 Å². The molecule has 0 fully saturated rings. The van der Waals surface area contributed by atoms with Gasteiger partial charge in [-0.1, -0.05) is 42.5 Å². The first-order chi connectivity index (χ1) is 15.5.